The zero-order valence-electron chi connectivity index (χ0n) is 23.0. The number of hydrogen-bond acceptors (Lipinski definition) is 5. The summed E-state index contributed by atoms with van der Waals surface area (Å²) in [4.78, 5) is 18.7. The molecule has 0 aliphatic heterocycles. The van der Waals surface area contributed by atoms with E-state index in [1.165, 1.54) is 5.56 Å². The van der Waals surface area contributed by atoms with Gasteiger partial charge in [0.15, 0.2) is 5.82 Å². The molecule has 0 saturated heterocycles. The molecule has 0 aliphatic carbocycles. The van der Waals surface area contributed by atoms with Crippen LogP contribution in [0.1, 0.15) is 63.4 Å². The van der Waals surface area contributed by atoms with Gasteiger partial charge >= 0.3 is 5.69 Å². The lowest BCUT2D eigenvalue weighted by Gasteiger charge is -2.11. The Morgan fingerprint density at radius 3 is 2.46 bits per heavy atom. The minimum atomic E-state index is -0.0106. The maximum absolute atomic E-state index is 13.9. The van der Waals surface area contributed by atoms with E-state index in [0.29, 0.717) is 12.4 Å². The highest BCUT2D eigenvalue weighted by atomic mass is 16.1. The number of pyridine rings is 1. The van der Waals surface area contributed by atoms with Crippen LogP contribution in [0.4, 0.5) is 0 Å². The average molecular weight is 525 g/mol. The quantitative estimate of drug-likeness (QED) is 0.234. The second-order valence-electron chi connectivity index (χ2n) is 9.90. The Bertz CT molecular complexity index is 1530. The molecule has 4 aromatic heterocycles. The van der Waals surface area contributed by atoms with Crippen molar-refractivity contribution in [2.75, 3.05) is 0 Å². The van der Waals surface area contributed by atoms with Crippen LogP contribution in [0.5, 0.6) is 0 Å². The van der Waals surface area contributed by atoms with Crippen molar-refractivity contribution in [1.29, 1.82) is 0 Å². The average Bonchev–Trinajstić information content (AvgIpc) is 3.70. The molecule has 39 heavy (non-hydrogen) atoms. The molecule has 0 radical (unpaired) electrons. The second kappa shape index (κ2) is 12.1. The SMILES string of the molecule is CCCCc1cn(-c2c(CCC)ccn2CCC)c(=O)n1Cc1ccc(-c2ccccc2-c2nnn[nH]2)cn1. The molecule has 202 valence electrons. The molecule has 0 aliphatic rings. The van der Waals surface area contributed by atoms with Gasteiger partial charge in [-0.2, -0.15) is 0 Å². The van der Waals surface area contributed by atoms with Crippen molar-refractivity contribution >= 4 is 0 Å². The van der Waals surface area contributed by atoms with E-state index in [-0.39, 0.29) is 5.69 Å². The summed E-state index contributed by atoms with van der Waals surface area (Å²) in [6.45, 7) is 7.84. The number of hydrogen-bond donors (Lipinski definition) is 1. The van der Waals surface area contributed by atoms with E-state index in [2.05, 4.69) is 64.4 Å². The van der Waals surface area contributed by atoms with Gasteiger partial charge in [0.25, 0.3) is 0 Å². The number of benzene rings is 1. The van der Waals surface area contributed by atoms with Gasteiger partial charge in [-0.3, -0.25) is 14.1 Å². The largest absolute Gasteiger partial charge is 0.334 e. The molecule has 1 aromatic carbocycles. The molecular formula is C30H36N8O. The van der Waals surface area contributed by atoms with E-state index in [4.69, 9.17) is 4.98 Å². The molecule has 1 N–H and O–H groups in total. The predicted octanol–water partition coefficient (Wildman–Crippen LogP) is 5.44. The summed E-state index contributed by atoms with van der Waals surface area (Å²) in [5, 5.41) is 14.3. The van der Waals surface area contributed by atoms with Crippen molar-refractivity contribution in [3.05, 3.63) is 88.5 Å². The molecular weight excluding hydrogens is 488 g/mol. The van der Waals surface area contributed by atoms with Crippen LogP contribution < -0.4 is 5.69 Å². The highest BCUT2D eigenvalue weighted by molar-refractivity contribution is 5.79. The van der Waals surface area contributed by atoms with Crippen molar-refractivity contribution in [3.63, 3.8) is 0 Å². The van der Waals surface area contributed by atoms with E-state index in [0.717, 1.165) is 79.0 Å². The Hall–Kier alpha value is -4.27. The predicted molar refractivity (Wildman–Crippen MR) is 153 cm³/mol. The fourth-order valence-electron chi connectivity index (χ4n) is 5.15. The molecule has 0 unspecified atom stereocenters. The summed E-state index contributed by atoms with van der Waals surface area (Å²) >= 11 is 0. The van der Waals surface area contributed by atoms with Gasteiger partial charge in [0.2, 0.25) is 0 Å². The molecule has 0 spiro atoms. The van der Waals surface area contributed by atoms with Crippen molar-refractivity contribution in [2.45, 2.75) is 72.4 Å². The van der Waals surface area contributed by atoms with Crippen molar-refractivity contribution in [1.82, 2.24) is 39.3 Å². The van der Waals surface area contributed by atoms with Gasteiger partial charge < -0.3 is 4.57 Å². The topological polar surface area (TPSA) is 99.2 Å². The van der Waals surface area contributed by atoms with E-state index in [1.807, 2.05) is 51.7 Å². The zero-order chi connectivity index (χ0) is 27.2. The third-order valence-corrected chi connectivity index (χ3v) is 7.06. The normalized spacial score (nSPS) is 11.4. The molecule has 0 amide bonds. The van der Waals surface area contributed by atoms with Gasteiger partial charge in [0.1, 0.15) is 5.82 Å². The first kappa shape index (κ1) is 26.3. The van der Waals surface area contributed by atoms with Crippen molar-refractivity contribution in [2.24, 2.45) is 0 Å². The van der Waals surface area contributed by atoms with Gasteiger partial charge in [-0.05, 0) is 59.4 Å². The molecule has 9 nitrogen and oxygen atoms in total. The Kier molecular flexibility index (Phi) is 8.15. The second-order valence-corrected chi connectivity index (χ2v) is 9.90. The number of tetrazole rings is 1. The molecule has 0 atom stereocenters. The fourth-order valence-corrected chi connectivity index (χ4v) is 5.15. The van der Waals surface area contributed by atoms with Gasteiger partial charge in [0.05, 0.1) is 12.2 Å². The molecule has 0 saturated carbocycles. The maximum atomic E-state index is 13.9. The van der Waals surface area contributed by atoms with Crippen LogP contribution in [0.15, 0.2) is 65.8 Å². The van der Waals surface area contributed by atoms with E-state index in [1.54, 1.807) is 0 Å². The summed E-state index contributed by atoms with van der Waals surface area (Å²) in [5.74, 6) is 1.61. The third kappa shape index (κ3) is 5.48. The first-order valence-electron chi connectivity index (χ1n) is 13.9. The van der Waals surface area contributed by atoms with Crippen molar-refractivity contribution < 1.29 is 0 Å². The number of nitrogens with one attached hydrogen (secondary N) is 1. The molecule has 5 rings (SSSR count). The number of aryl methyl sites for hydroxylation is 3. The standard InChI is InChI=1S/C30H36N8O/c1-4-7-11-25-21-38(29-22(10-5-2)16-18-36(29)17-6-3)30(39)37(25)20-24-15-14-23(19-31-24)26-12-8-9-13-27(26)28-32-34-35-33-28/h8-9,12-16,18-19,21H,4-7,10-11,17,20H2,1-3H3,(H,32,33,34,35). The third-order valence-electron chi connectivity index (χ3n) is 7.06. The van der Waals surface area contributed by atoms with E-state index in [9.17, 15) is 4.79 Å². The van der Waals surface area contributed by atoms with Gasteiger partial charge in [-0.25, -0.2) is 9.89 Å². The first-order chi connectivity index (χ1) is 19.1. The molecule has 4 heterocycles. The minimum Gasteiger partial charge on any atom is -0.334 e. The summed E-state index contributed by atoms with van der Waals surface area (Å²) in [7, 11) is 0. The number of rotatable bonds is 12. The Morgan fingerprint density at radius 1 is 0.923 bits per heavy atom. The molecule has 9 heteroatoms. The van der Waals surface area contributed by atoms with Crippen LogP contribution in [0.25, 0.3) is 28.3 Å². The van der Waals surface area contributed by atoms with Crippen LogP contribution in [0.2, 0.25) is 0 Å². The summed E-state index contributed by atoms with van der Waals surface area (Å²) in [6.07, 6.45) is 12.0. The van der Waals surface area contributed by atoms with E-state index < -0.39 is 0 Å². The Balaban J connectivity index is 1.49. The fraction of sp³-hybridized carbons (Fsp3) is 0.367. The van der Waals surface area contributed by atoms with Crippen LogP contribution in [0.3, 0.4) is 0 Å². The highest BCUT2D eigenvalue weighted by Gasteiger charge is 2.19. The van der Waals surface area contributed by atoms with Crippen LogP contribution in [-0.4, -0.2) is 39.3 Å². The lowest BCUT2D eigenvalue weighted by atomic mass is 10.0. The lowest BCUT2D eigenvalue weighted by Crippen LogP contribution is -2.27. The van der Waals surface area contributed by atoms with Gasteiger partial charge in [0, 0.05) is 42.0 Å². The van der Waals surface area contributed by atoms with Gasteiger partial charge in [-0.15, -0.1) is 5.10 Å². The lowest BCUT2D eigenvalue weighted by molar-refractivity contribution is 0.638. The highest BCUT2D eigenvalue weighted by Crippen LogP contribution is 2.29. The number of unbranched alkanes of at least 4 members (excludes halogenated alkanes) is 1. The Morgan fingerprint density at radius 2 is 1.77 bits per heavy atom. The molecule has 5 aromatic rings. The summed E-state index contributed by atoms with van der Waals surface area (Å²) < 4.78 is 5.97. The number of H-pyrrole nitrogens is 1. The summed E-state index contributed by atoms with van der Waals surface area (Å²) in [6, 6.07) is 14.2. The van der Waals surface area contributed by atoms with Gasteiger partial charge in [-0.1, -0.05) is 63.9 Å². The van der Waals surface area contributed by atoms with Crippen LogP contribution >= 0.6 is 0 Å². The minimum absolute atomic E-state index is 0.0106. The molecule has 0 bridgehead atoms. The smallest absolute Gasteiger partial charge is 0.334 e. The van der Waals surface area contributed by atoms with Crippen molar-refractivity contribution in [3.8, 4) is 28.3 Å². The van der Waals surface area contributed by atoms with Crippen LogP contribution in [-0.2, 0) is 25.9 Å². The maximum Gasteiger partial charge on any atom is 0.334 e. The number of nitrogens with zero attached hydrogens (tertiary/aromatic N) is 7. The number of aromatic nitrogens is 8. The first-order valence-corrected chi connectivity index (χ1v) is 13.9. The monoisotopic (exact) mass is 524 g/mol. The van der Waals surface area contributed by atoms with E-state index >= 15 is 0 Å². The summed E-state index contributed by atoms with van der Waals surface area (Å²) in [5.41, 5.74) is 5.95. The zero-order valence-corrected chi connectivity index (χ0v) is 23.0. The molecule has 0 fully saturated rings. The van der Waals surface area contributed by atoms with Crippen LogP contribution in [0, 0.1) is 0 Å². The Labute approximate surface area is 228 Å². The number of imidazole rings is 1. The number of aromatic amines is 1.